The van der Waals surface area contributed by atoms with E-state index in [2.05, 4.69) is 30.0 Å². The smallest absolute Gasteiger partial charge is 0.338 e. The third-order valence-electron chi connectivity index (χ3n) is 5.47. The van der Waals surface area contributed by atoms with Crippen molar-refractivity contribution in [3.8, 4) is 0 Å². The summed E-state index contributed by atoms with van der Waals surface area (Å²) in [5, 5.41) is -0.000129. The average molecular weight is 494 g/mol. The fourth-order valence-electron chi connectivity index (χ4n) is 3.55. The van der Waals surface area contributed by atoms with Gasteiger partial charge in [-0.2, -0.15) is 0 Å². The number of esters is 1. The van der Waals surface area contributed by atoms with Crippen LogP contribution in [0.15, 0.2) is 47.4 Å². The fourth-order valence-corrected chi connectivity index (χ4v) is 4.94. The molecule has 2 aromatic carbocycles. The maximum Gasteiger partial charge on any atom is 0.338 e. The first-order chi connectivity index (χ1) is 15.6. The number of sulfonamides is 1. The quantitative estimate of drug-likeness (QED) is 0.550. The zero-order chi connectivity index (χ0) is 24.2. The van der Waals surface area contributed by atoms with Crippen LogP contribution in [0.1, 0.15) is 21.5 Å². The molecular weight excluding hydrogens is 466 g/mol. The largest absolute Gasteiger partial charge is 0.452 e. The lowest BCUT2D eigenvalue weighted by Gasteiger charge is -2.34. The van der Waals surface area contributed by atoms with Crippen molar-refractivity contribution in [2.75, 3.05) is 46.9 Å². The third-order valence-corrected chi connectivity index (χ3v) is 7.76. The Morgan fingerprint density at radius 1 is 1.06 bits per heavy atom. The molecule has 0 radical (unpaired) electrons. The number of amides is 1. The molecule has 0 unspecified atom stereocenters. The van der Waals surface area contributed by atoms with Crippen molar-refractivity contribution in [3.05, 3.63) is 64.2 Å². The van der Waals surface area contributed by atoms with Crippen molar-refractivity contribution in [3.63, 3.8) is 0 Å². The zero-order valence-electron chi connectivity index (χ0n) is 19.0. The maximum absolute atomic E-state index is 12.5. The first-order valence-corrected chi connectivity index (χ1v) is 12.3. The highest BCUT2D eigenvalue weighted by molar-refractivity contribution is 7.89. The van der Waals surface area contributed by atoms with Crippen LogP contribution in [0.4, 0.5) is 0 Å². The van der Waals surface area contributed by atoms with Gasteiger partial charge in [0.1, 0.15) is 4.90 Å². The second-order valence-corrected chi connectivity index (χ2v) is 10.7. The van der Waals surface area contributed by atoms with Crippen LogP contribution in [-0.2, 0) is 26.1 Å². The van der Waals surface area contributed by atoms with Gasteiger partial charge in [-0.3, -0.25) is 9.69 Å². The van der Waals surface area contributed by atoms with E-state index in [1.165, 1.54) is 37.4 Å². The lowest BCUT2D eigenvalue weighted by molar-refractivity contribution is -0.136. The number of benzene rings is 2. The highest BCUT2D eigenvalue weighted by atomic mass is 35.5. The molecule has 0 atom stereocenters. The van der Waals surface area contributed by atoms with Crippen LogP contribution in [0.25, 0.3) is 0 Å². The van der Waals surface area contributed by atoms with E-state index >= 15 is 0 Å². The molecule has 0 saturated carbocycles. The molecule has 8 nitrogen and oxygen atoms in total. The molecule has 0 aromatic heterocycles. The molecule has 10 heteroatoms. The Labute approximate surface area is 199 Å². The maximum atomic E-state index is 12.5. The molecule has 3 rings (SSSR count). The summed E-state index contributed by atoms with van der Waals surface area (Å²) in [5.74, 6) is -1.07. The van der Waals surface area contributed by atoms with Crippen LogP contribution in [0.3, 0.4) is 0 Å². The molecule has 33 heavy (non-hydrogen) atoms. The Hall–Kier alpha value is -2.46. The Bertz CT molecular complexity index is 1130. The highest BCUT2D eigenvalue weighted by Gasteiger charge is 2.25. The number of hydrogen-bond donors (Lipinski definition) is 0. The number of nitrogens with zero attached hydrogens (tertiary/aromatic N) is 3. The number of halogens is 1. The van der Waals surface area contributed by atoms with Crippen LogP contribution in [0.2, 0.25) is 5.02 Å². The molecule has 1 fully saturated rings. The highest BCUT2D eigenvalue weighted by Crippen LogP contribution is 2.25. The van der Waals surface area contributed by atoms with E-state index in [1.54, 1.807) is 4.90 Å². The van der Waals surface area contributed by atoms with Gasteiger partial charge in [-0.25, -0.2) is 17.5 Å². The SMILES string of the molecule is Cc1cccc(CN2CCN(C(=O)COC(=O)c3ccc(Cl)c(S(=O)(=O)N(C)C)c3)CC2)c1. The molecule has 178 valence electrons. The van der Waals surface area contributed by atoms with Gasteiger partial charge in [-0.15, -0.1) is 0 Å². The second-order valence-electron chi connectivity index (χ2n) is 8.15. The summed E-state index contributed by atoms with van der Waals surface area (Å²) in [4.78, 5) is 28.7. The molecule has 0 aliphatic carbocycles. The number of ether oxygens (including phenoxy) is 1. The van der Waals surface area contributed by atoms with E-state index in [4.69, 9.17) is 16.3 Å². The van der Waals surface area contributed by atoms with Crippen molar-refractivity contribution < 1.29 is 22.7 Å². The topological polar surface area (TPSA) is 87.2 Å². The van der Waals surface area contributed by atoms with Gasteiger partial charge in [0.05, 0.1) is 10.6 Å². The summed E-state index contributed by atoms with van der Waals surface area (Å²) in [6.07, 6.45) is 0. The van der Waals surface area contributed by atoms with Gasteiger partial charge >= 0.3 is 5.97 Å². The summed E-state index contributed by atoms with van der Waals surface area (Å²) in [7, 11) is -1.09. The Balaban J connectivity index is 1.53. The molecule has 0 bridgehead atoms. The van der Waals surface area contributed by atoms with Crippen LogP contribution in [-0.4, -0.2) is 81.3 Å². The molecule has 0 spiro atoms. The van der Waals surface area contributed by atoms with E-state index < -0.39 is 22.6 Å². The first-order valence-electron chi connectivity index (χ1n) is 10.5. The van der Waals surface area contributed by atoms with E-state index in [-0.39, 0.29) is 21.4 Å². The van der Waals surface area contributed by atoms with Crippen LogP contribution in [0.5, 0.6) is 0 Å². The molecule has 1 aliphatic heterocycles. The first kappa shape index (κ1) is 25.2. The molecule has 1 amide bonds. The van der Waals surface area contributed by atoms with Gasteiger partial charge in [0, 0.05) is 46.8 Å². The van der Waals surface area contributed by atoms with Gasteiger partial charge < -0.3 is 9.64 Å². The zero-order valence-corrected chi connectivity index (χ0v) is 20.5. The lowest BCUT2D eigenvalue weighted by Crippen LogP contribution is -2.49. The summed E-state index contributed by atoms with van der Waals surface area (Å²) >= 11 is 6.01. The van der Waals surface area contributed by atoms with E-state index in [1.807, 2.05) is 6.07 Å². The molecular formula is C23H28ClN3O5S. The number of hydrogen-bond acceptors (Lipinski definition) is 6. The molecule has 0 N–H and O–H groups in total. The number of carbonyl (C=O) groups is 2. The predicted octanol–water partition coefficient (Wildman–Crippen LogP) is 2.40. The summed E-state index contributed by atoms with van der Waals surface area (Å²) in [6.45, 7) is 5.05. The minimum absolute atomic E-state index is 0.000129. The summed E-state index contributed by atoms with van der Waals surface area (Å²) in [5.41, 5.74) is 2.47. The Kier molecular flexibility index (Phi) is 8.12. The minimum Gasteiger partial charge on any atom is -0.452 e. The molecule has 1 saturated heterocycles. The summed E-state index contributed by atoms with van der Waals surface area (Å²) < 4.78 is 30.9. The third kappa shape index (κ3) is 6.32. The number of piperazine rings is 1. The number of rotatable bonds is 7. The van der Waals surface area contributed by atoms with Crippen molar-refractivity contribution in [2.24, 2.45) is 0 Å². The minimum atomic E-state index is -3.83. The van der Waals surface area contributed by atoms with Crippen molar-refractivity contribution in [1.82, 2.24) is 14.1 Å². The molecule has 1 heterocycles. The number of aryl methyl sites for hydroxylation is 1. The standard InChI is InChI=1S/C23H28ClN3O5S/c1-17-5-4-6-18(13-17)15-26-9-11-27(12-10-26)22(28)16-32-23(29)19-7-8-20(24)21(14-19)33(30,31)25(2)3/h4-8,13-14H,9-12,15-16H2,1-3H3. The van der Waals surface area contributed by atoms with Gasteiger partial charge in [0.2, 0.25) is 10.0 Å². The predicted molar refractivity (Wildman–Crippen MR) is 126 cm³/mol. The van der Waals surface area contributed by atoms with E-state index in [0.29, 0.717) is 13.1 Å². The fraction of sp³-hybridized carbons (Fsp3) is 0.391. The second kappa shape index (κ2) is 10.6. The van der Waals surface area contributed by atoms with Crippen LogP contribution >= 0.6 is 11.6 Å². The molecule has 2 aromatic rings. The van der Waals surface area contributed by atoms with Gasteiger partial charge in [0.25, 0.3) is 5.91 Å². The lowest BCUT2D eigenvalue weighted by atomic mass is 10.1. The number of carbonyl (C=O) groups excluding carboxylic acids is 2. The van der Waals surface area contributed by atoms with Crippen molar-refractivity contribution in [2.45, 2.75) is 18.4 Å². The van der Waals surface area contributed by atoms with Crippen LogP contribution < -0.4 is 0 Å². The average Bonchev–Trinajstić information content (AvgIpc) is 2.78. The van der Waals surface area contributed by atoms with E-state index in [9.17, 15) is 18.0 Å². The van der Waals surface area contributed by atoms with Crippen molar-refractivity contribution in [1.29, 1.82) is 0 Å². The van der Waals surface area contributed by atoms with Crippen molar-refractivity contribution >= 4 is 33.5 Å². The van der Waals surface area contributed by atoms with Gasteiger partial charge in [-0.05, 0) is 30.7 Å². The molecule has 1 aliphatic rings. The monoisotopic (exact) mass is 493 g/mol. The van der Waals surface area contributed by atoms with Gasteiger partial charge in [-0.1, -0.05) is 41.4 Å². The Morgan fingerprint density at radius 3 is 2.39 bits per heavy atom. The Morgan fingerprint density at radius 2 is 1.76 bits per heavy atom. The van der Waals surface area contributed by atoms with Gasteiger partial charge in [0.15, 0.2) is 6.61 Å². The van der Waals surface area contributed by atoms with E-state index in [0.717, 1.165) is 30.0 Å². The summed E-state index contributed by atoms with van der Waals surface area (Å²) in [6, 6.07) is 12.2. The van der Waals surface area contributed by atoms with Crippen LogP contribution in [0, 0.1) is 6.92 Å². The normalized spacial score (nSPS) is 15.0.